The van der Waals surface area contributed by atoms with Gasteiger partial charge in [-0.3, -0.25) is 14.5 Å². The number of benzene rings is 1. The summed E-state index contributed by atoms with van der Waals surface area (Å²) in [5.41, 5.74) is 0.651. The molecule has 0 bridgehead atoms. The number of fused-ring (bicyclic) bond motifs is 1. The van der Waals surface area contributed by atoms with Crippen molar-refractivity contribution >= 4 is 22.8 Å². The number of para-hydroxylation sites is 1. The van der Waals surface area contributed by atoms with Crippen LogP contribution in [0.15, 0.2) is 34.7 Å². The number of nitrogens with zero attached hydrogens (tertiary/aromatic N) is 1. The van der Waals surface area contributed by atoms with E-state index in [9.17, 15) is 14.7 Å². The molecule has 4 atom stereocenters. The van der Waals surface area contributed by atoms with Gasteiger partial charge in [-0.05, 0) is 57.2 Å². The summed E-state index contributed by atoms with van der Waals surface area (Å²) in [4.78, 5) is 28.9. The summed E-state index contributed by atoms with van der Waals surface area (Å²) in [6.45, 7) is 5.82. The van der Waals surface area contributed by atoms with Gasteiger partial charge in [0.05, 0.1) is 12.1 Å². The Morgan fingerprint density at radius 2 is 1.91 bits per heavy atom. The van der Waals surface area contributed by atoms with E-state index in [-0.39, 0.29) is 23.6 Å². The van der Waals surface area contributed by atoms with Crippen LogP contribution in [0.1, 0.15) is 82.2 Å². The second-order valence-corrected chi connectivity index (χ2v) is 10.5. The Kier molecular flexibility index (Phi) is 8.84. The Labute approximate surface area is 208 Å². The van der Waals surface area contributed by atoms with Crippen molar-refractivity contribution in [2.24, 2.45) is 5.92 Å². The monoisotopic (exact) mass is 483 g/mol. The minimum atomic E-state index is -0.654. The van der Waals surface area contributed by atoms with Crippen molar-refractivity contribution in [3.63, 3.8) is 0 Å². The van der Waals surface area contributed by atoms with Gasteiger partial charge in [-0.15, -0.1) is 0 Å². The fourth-order valence-electron chi connectivity index (χ4n) is 5.70. The van der Waals surface area contributed by atoms with Crippen LogP contribution in [0.3, 0.4) is 0 Å². The van der Waals surface area contributed by atoms with Crippen LogP contribution in [0.25, 0.3) is 11.0 Å². The number of aliphatic hydroxyl groups is 1. The van der Waals surface area contributed by atoms with E-state index < -0.39 is 12.1 Å². The van der Waals surface area contributed by atoms with Gasteiger partial charge >= 0.3 is 0 Å². The number of aliphatic hydroxyl groups excluding tert-OH is 1. The maximum atomic E-state index is 13.5. The Balaban J connectivity index is 1.45. The predicted octanol–water partition coefficient (Wildman–Crippen LogP) is 4.24. The highest BCUT2D eigenvalue weighted by molar-refractivity contribution is 5.98. The lowest BCUT2D eigenvalue weighted by Crippen LogP contribution is -2.54. The number of likely N-dealkylation sites (tertiary alicyclic amines) is 1. The molecule has 1 saturated heterocycles. The number of hydrogen-bond acceptors (Lipinski definition) is 5. The van der Waals surface area contributed by atoms with Gasteiger partial charge in [-0.25, -0.2) is 0 Å². The molecule has 1 aromatic carbocycles. The molecule has 2 fully saturated rings. The minimum Gasteiger partial charge on any atom is -0.451 e. The van der Waals surface area contributed by atoms with Crippen LogP contribution in [0.5, 0.6) is 0 Å². The van der Waals surface area contributed by atoms with Crippen molar-refractivity contribution in [2.45, 2.75) is 95.9 Å². The van der Waals surface area contributed by atoms with Crippen LogP contribution in [0.2, 0.25) is 0 Å². The van der Waals surface area contributed by atoms with E-state index in [0.717, 1.165) is 44.0 Å². The van der Waals surface area contributed by atoms with Gasteiger partial charge in [0.25, 0.3) is 5.91 Å². The highest BCUT2D eigenvalue weighted by Crippen LogP contribution is 2.28. The molecule has 0 spiro atoms. The standard InChI is InChI=1S/C28H41N3O4/c1-3-15-31-18-24(32)22(14-13-19(31)2)29-27(33)23(16-20-9-5-4-6-10-20)30-28(34)26-17-21-11-7-8-12-25(21)35-26/h7-8,11-12,17,19-20,22-24,32H,3-6,9-10,13-16,18H2,1-2H3,(H,29,33)(H,30,34)/t19-,22+,23+,24+/m1/s1. The zero-order chi connectivity index (χ0) is 24.8. The lowest BCUT2D eigenvalue weighted by Gasteiger charge is -2.30. The Bertz CT molecular complexity index is 950. The van der Waals surface area contributed by atoms with Gasteiger partial charge in [0.1, 0.15) is 11.6 Å². The molecule has 7 nitrogen and oxygen atoms in total. The lowest BCUT2D eigenvalue weighted by molar-refractivity contribution is -0.125. The molecule has 1 aliphatic carbocycles. The summed E-state index contributed by atoms with van der Waals surface area (Å²) in [6, 6.07) is 8.62. The first kappa shape index (κ1) is 25.7. The maximum absolute atomic E-state index is 13.5. The number of hydrogen-bond donors (Lipinski definition) is 3. The third-order valence-electron chi connectivity index (χ3n) is 7.81. The van der Waals surface area contributed by atoms with Crippen LogP contribution in [0.4, 0.5) is 0 Å². The summed E-state index contributed by atoms with van der Waals surface area (Å²) < 4.78 is 5.74. The van der Waals surface area contributed by atoms with Crippen molar-refractivity contribution in [2.75, 3.05) is 13.1 Å². The third-order valence-corrected chi connectivity index (χ3v) is 7.81. The first-order valence-corrected chi connectivity index (χ1v) is 13.5. The van der Waals surface area contributed by atoms with Gasteiger partial charge in [0, 0.05) is 18.0 Å². The molecule has 7 heteroatoms. The van der Waals surface area contributed by atoms with Crippen LogP contribution >= 0.6 is 0 Å². The SMILES string of the molecule is CCCN1C[C@H](O)[C@@H](NC(=O)[C@H](CC2CCCCC2)NC(=O)c2cc3ccccc3o2)CC[C@H]1C. The van der Waals surface area contributed by atoms with Crippen molar-refractivity contribution in [3.05, 3.63) is 36.1 Å². The van der Waals surface area contributed by atoms with E-state index in [2.05, 4.69) is 29.4 Å². The first-order valence-electron chi connectivity index (χ1n) is 13.5. The fraction of sp³-hybridized carbons (Fsp3) is 0.643. The average Bonchev–Trinajstić information content (AvgIpc) is 3.25. The topological polar surface area (TPSA) is 94.8 Å². The Morgan fingerprint density at radius 3 is 2.66 bits per heavy atom. The van der Waals surface area contributed by atoms with E-state index in [1.165, 1.54) is 19.3 Å². The van der Waals surface area contributed by atoms with Crippen molar-refractivity contribution in [1.29, 1.82) is 0 Å². The highest BCUT2D eigenvalue weighted by atomic mass is 16.3. The van der Waals surface area contributed by atoms with E-state index in [1.54, 1.807) is 6.07 Å². The van der Waals surface area contributed by atoms with Crippen molar-refractivity contribution < 1.29 is 19.1 Å². The number of nitrogens with one attached hydrogen (secondary N) is 2. The molecule has 4 rings (SSSR count). The summed E-state index contributed by atoms with van der Waals surface area (Å²) >= 11 is 0. The van der Waals surface area contributed by atoms with Crippen LogP contribution in [-0.2, 0) is 4.79 Å². The normalized spacial score (nSPS) is 25.2. The number of carbonyl (C=O) groups is 2. The van der Waals surface area contributed by atoms with Gasteiger partial charge in [0.15, 0.2) is 5.76 Å². The second kappa shape index (κ2) is 12.0. The summed E-state index contributed by atoms with van der Waals surface area (Å²) in [5, 5.41) is 17.8. The average molecular weight is 484 g/mol. The molecule has 0 radical (unpaired) electrons. The molecular weight excluding hydrogens is 442 g/mol. The summed E-state index contributed by atoms with van der Waals surface area (Å²) in [7, 11) is 0. The smallest absolute Gasteiger partial charge is 0.287 e. The third kappa shape index (κ3) is 6.64. The van der Waals surface area contributed by atoms with Crippen molar-refractivity contribution in [1.82, 2.24) is 15.5 Å². The molecule has 2 heterocycles. The molecule has 0 unspecified atom stereocenters. The molecule has 192 valence electrons. The Hall–Kier alpha value is -2.38. The highest BCUT2D eigenvalue weighted by Gasteiger charge is 2.33. The lowest BCUT2D eigenvalue weighted by atomic mass is 9.84. The molecule has 1 aliphatic heterocycles. The molecule has 2 amide bonds. The van der Waals surface area contributed by atoms with Gasteiger partial charge < -0.3 is 20.2 Å². The Morgan fingerprint density at radius 1 is 1.14 bits per heavy atom. The summed E-state index contributed by atoms with van der Waals surface area (Å²) in [5.74, 6) is 0.0442. The fourth-order valence-corrected chi connectivity index (χ4v) is 5.70. The van der Waals surface area contributed by atoms with Crippen LogP contribution in [0, 0.1) is 5.92 Å². The van der Waals surface area contributed by atoms with Gasteiger partial charge in [-0.1, -0.05) is 57.2 Å². The number of carbonyl (C=O) groups excluding carboxylic acids is 2. The summed E-state index contributed by atoms with van der Waals surface area (Å²) in [6.07, 6.45) is 8.40. The zero-order valence-corrected chi connectivity index (χ0v) is 21.2. The number of rotatable bonds is 8. The zero-order valence-electron chi connectivity index (χ0n) is 21.2. The molecule has 1 aromatic heterocycles. The van der Waals surface area contributed by atoms with Crippen LogP contribution in [-0.4, -0.2) is 59.1 Å². The van der Waals surface area contributed by atoms with Crippen molar-refractivity contribution in [3.8, 4) is 0 Å². The molecule has 2 aliphatic rings. The van der Waals surface area contributed by atoms with E-state index in [4.69, 9.17) is 4.42 Å². The second-order valence-electron chi connectivity index (χ2n) is 10.5. The van der Waals surface area contributed by atoms with Gasteiger partial charge in [-0.2, -0.15) is 0 Å². The van der Waals surface area contributed by atoms with E-state index >= 15 is 0 Å². The number of furan rings is 1. The molecule has 3 N–H and O–H groups in total. The van der Waals surface area contributed by atoms with Gasteiger partial charge in [0.2, 0.25) is 5.91 Å². The minimum absolute atomic E-state index is 0.208. The molecule has 35 heavy (non-hydrogen) atoms. The molecule has 1 saturated carbocycles. The number of amides is 2. The number of β-amino-alcohol motifs (C(OH)–C–C–N with tert-alkyl or cyclic N) is 1. The molecule has 2 aromatic rings. The van der Waals surface area contributed by atoms with Crippen LogP contribution < -0.4 is 10.6 Å². The molecular formula is C28H41N3O4. The predicted molar refractivity (Wildman–Crippen MR) is 137 cm³/mol. The van der Waals surface area contributed by atoms with E-state index in [0.29, 0.717) is 30.5 Å². The van der Waals surface area contributed by atoms with E-state index in [1.807, 2.05) is 24.3 Å². The first-order chi connectivity index (χ1) is 16.9. The maximum Gasteiger partial charge on any atom is 0.287 e. The quantitative estimate of drug-likeness (QED) is 0.522. The largest absolute Gasteiger partial charge is 0.451 e.